The van der Waals surface area contributed by atoms with Gasteiger partial charge < -0.3 is 5.32 Å². The lowest BCUT2D eigenvalue weighted by molar-refractivity contribution is 0.448. The van der Waals surface area contributed by atoms with Gasteiger partial charge in [-0.3, -0.25) is 0 Å². The predicted octanol–water partition coefficient (Wildman–Crippen LogP) is 3.02. The van der Waals surface area contributed by atoms with E-state index in [0.717, 1.165) is 24.0 Å². The topological polar surface area (TPSA) is 12.0 Å². The molecule has 0 aromatic heterocycles. The Labute approximate surface area is 90.1 Å². The van der Waals surface area contributed by atoms with Crippen molar-refractivity contribution in [2.75, 3.05) is 16.8 Å². The molecule has 1 saturated heterocycles. The van der Waals surface area contributed by atoms with Gasteiger partial charge in [0, 0.05) is 11.8 Å². The number of thioether (sulfide) groups is 1. The molecule has 1 heterocycles. The van der Waals surface area contributed by atoms with E-state index in [2.05, 4.69) is 5.32 Å². The first kappa shape index (κ1) is 10.7. The maximum Gasteiger partial charge on any atom is 0.196 e. The van der Waals surface area contributed by atoms with Crippen molar-refractivity contribution in [1.29, 1.82) is 0 Å². The highest BCUT2D eigenvalue weighted by Crippen LogP contribution is 2.25. The second kappa shape index (κ2) is 4.35. The molecule has 15 heavy (non-hydrogen) atoms. The highest BCUT2D eigenvalue weighted by Gasteiger charge is 2.19. The van der Waals surface area contributed by atoms with E-state index in [9.17, 15) is 13.2 Å². The smallest absolute Gasteiger partial charge is 0.196 e. The molecule has 0 saturated carbocycles. The van der Waals surface area contributed by atoms with Gasteiger partial charge in [-0.2, -0.15) is 11.8 Å². The summed E-state index contributed by atoms with van der Waals surface area (Å²) in [7, 11) is 0. The maximum atomic E-state index is 13.2. The molecule has 0 bridgehead atoms. The Morgan fingerprint density at radius 2 is 2.00 bits per heavy atom. The predicted molar refractivity (Wildman–Crippen MR) is 55.7 cm³/mol. The average Bonchev–Trinajstić information content (AvgIpc) is 2.72. The molecular formula is C10H10F3NS. The number of rotatable bonds is 2. The fourth-order valence-corrected chi connectivity index (χ4v) is 2.66. The lowest BCUT2D eigenvalue weighted by atomic mass is 10.2. The molecule has 1 aromatic carbocycles. The first-order valence-corrected chi connectivity index (χ1v) is 5.81. The fourth-order valence-electron chi connectivity index (χ4n) is 1.51. The molecule has 1 aliphatic rings. The molecule has 82 valence electrons. The molecule has 2 rings (SSSR count). The zero-order valence-corrected chi connectivity index (χ0v) is 8.71. The van der Waals surface area contributed by atoms with Gasteiger partial charge in [0.05, 0.1) is 5.69 Å². The van der Waals surface area contributed by atoms with Crippen molar-refractivity contribution in [3.05, 3.63) is 29.6 Å². The van der Waals surface area contributed by atoms with Crippen LogP contribution < -0.4 is 5.32 Å². The van der Waals surface area contributed by atoms with Gasteiger partial charge in [0.2, 0.25) is 0 Å². The molecule has 0 radical (unpaired) electrons. The lowest BCUT2D eigenvalue weighted by Crippen LogP contribution is -2.19. The van der Waals surface area contributed by atoms with Gasteiger partial charge in [-0.25, -0.2) is 13.2 Å². The molecule has 0 amide bonds. The van der Waals surface area contributed by atoms with Crippen LogP contribution in [0.4, 0.5) is 18.9 Å². The van der Waals surface area contributed by atoms with Crippen molar-refractivity contribution in [3.63, 3.8) is 0 Å². The minimum atomic E-state index is -1.41. The van der Waals surface area contributed by atoms with Crippen LogP contribution in [0.5, 0.6) is 0 Å². The summed E-state index contributed by atoms with van der Waals surface area (Å²) in [6, 6.07) is 2.31. The quantitative estimate of drug-likeness (QED) is 0.788. The second-order valence-corrected chi connectivity index (χ2v) is 4.58. The van der Waals surface area contributed by atoms with Crippen LogP contribution in [0.2, 0.25) is 0 Å². The Balaban J connectivity index is 2.17. The monoisotopic (exact) mass is 233 g/mol. The Bertz CT molecular complexity index is 364. The zero-order chi connectivity index (χ0) is 10.8. The molecule has 1 nitrogen and oxygen atoms in total. The summed E-state index contributed by atoms with van der Waals surface area (Å²) < 4.78 is 38.7. The molecule has 0 aliphatic carbocycles. The summed E-state index contributed by atoms with van der Waals surface area (Å²) in [5.41, 5.74) is 0.0430. The molecule has 1 unspecified atom stereocenters. The zero-order valence-electron chi connectivity index (χ0n) is 7.90. The van der Waals surface area contributed by atoms with E-state index < -0.39 is 17.5 Å². The molecule has 1 atom stereocenters. The van der Waals surface area contributed by atoms with Crippen LogP contribution >= 0.6 is 11.8 Å². The Morgan fingerprint density at radius 3 is 2.67 bits per heavy atom. The van der Waals surface area contributed by atoms with Crippen molar-refractivity contribution >= 4 is 17.4 Å². The van der Waals surface area contributed by atoms with E-state index in [1.165, 1.54) is 6.07 Å². The molecule has 0 spiro atoms. The average molecular weight is 233 g/mol. The van der Waals surface area contributed by atoms with E-state index in [1.807, 2.05) is 0 Å². The third-order valence-electron chi connectivity index (χ3n) is 2.32. The lowest BCUT2D eigenvalue weighted by Gasteiger charge is -2.13. The van der Waals surface area contributed by atoms with Gasteiger partial charge in [0.25, 0.3) is 0 Å². The van der Waals surface area contributed by atoms with Gasteiger partial charge in [-0.05, 0) is 24.3 Å². The van der Waals surface area contributed by atoms with Crippen molar-refractivity contribution in [2.24, 2.45) is 0 Å². The summed E-state index contributed by atoms with van der Waals surface area (Å²) >= 11 is 1.76. The summed E-state index contributed by atoms with van der Waals surface area (Å²) in [5.74, 6) is -1.81. The van der Waals surface area contributed by atoms with Gasteiger partial charge in [-0.15, -0.1) is 0 Å². The normalized spacial score (nSPS) is 20.6. The number of hydrogen-bond acceptors (Lipinski definition) is 2. The molecule has 1 fully saturated rings. The molecule has 1 aliphatic heterocycles. The summed E-state index contributed by atoms with van der Waals surface area (Å²) in [6.07, 6.45) is 0.920. The van der Waals surface area contributed by atoms with E-state index in [1.54, 1.807) is 11.8 Å². The van der Waals surface area contributed by atoms with Crippen molar-refractivity contribution < 1.29 is 13.2 Å². The standard InChI is InChI=1S/C10H10F3NS/c11-7-1-2-8(10(13)9(7)12)14-6-3-4-15-5-6/h1-2,6,14H,3-5H2. The second-order valence-electron chi connectivity index (χ2n) is 3.43. The number of benzene rings is 1. The Morgan fingerprint density at radius 1 is 1.20 bits per heavy atom. The van der Waals surface area contributed by atoms with Gasteiger partial charge >= 0.3 is 0 Å². The van der Waals surface area contributed by atoms with E-state index >= 15 is 0 Å². The Kier molecular flexibility index (Phi) is 3.09. The number of anilines is 1. The largest absolute Gasteiger partial charge is 0.379 e. The van der Waals surface area contributed by atoms with Crippen LogP contribution in [0.1, 0.15) is 6.42 Å². The fraction of sp³-hybridized carbons (Fsp3) is 0.400. The number of halogens is 3. The van der Waals surface area contributed by atoms with Crippen molar-refractivity contribution in [2.45, 2.75) is 12.5 Å². The van der Waals surface area contributed by atoms with Crippen LogP contribution in [0, 0.1) is 17.5 Å². The minimum Gasteiger partial charge on any atom is -0.379 e. The van der Waals surface area contributed by atoms with E-state index in [0.29, 0.717) is 0 Å². The van der Waals surface area contributed by atoms with Crippen molar-refractivity contribution in [1.82, 2.24) is 0 Å². The van der Waals surface area contributed by atoms with Crippen LogP contribution in [-0.2, 0) is 0 Å². The maximum absolute atomic E-state index is 13.2. The van der Waals surface area contributed by atoms with Gasteiger partial charge in [0.1, 0.15) is 0 Å². The minimum absolute atomic E-state index is 0.0430. The molecular weight excluding hydrogens is 223 g/mol. The van der Waals surface area contributed by atoms with E-state index in [4.69, 9.17) is 0 Å². The van der Waals surface area contributed by atoms with Crippen molar-refractivity contribution in [3.8, 4) is 0 Å². The molecule has 1 aromatic rings. The number of nitrogens with one attached hydrogen (secondary N) is 1. The highest BCUT2D eigenvalue weighted by molar-refractivity contribution is 7.99. The highest BCUT2D eigenvalue weighted by atomic mass is 32.2. The van der Waals surface area contributed by atoms with E-state index in [-0.39, 0.29) is 11.7 Å². The molecule has 5 heteroatoms. The van der Waals surface area contributed by atoms with Crippen LogP contribution in [0.15, 0.2) is 12.1 Å². The first-order chi connectivity index (χ1) is 7.18. The number of hydrogen-bond donors (Lipinski definition) is 1. The summed E-state index contributed by atoms with van der Waals surface area (Å²) in [6.45, 7) is 0. The van der Waals surface area contributed by atoms with Crippen LogP contribution in [0.3, 0.4) is 0 Å². The Hall–Kier alpha value is -0.840. The first-order valence-electron chi connectivity index (χ1n) is 4.66. The van der Waals surface area contributed by atoms with Gasteiger partial charge in [0.15, 0.2) is 17.5 Å². The van der Waals surface area contributed by atoms with Gasteiger partial charge in [-0.1, -0.05) is 0 Å². The SMILES string of the molecule is Fc1ccc(NC2CCSC2)c(F)c1F. The van der Waals surface area contributed by atoms with Crippen LogP contribution in [-0.4, -0.2) is 17.5 Å². The van der Waals surface area contributed by atoms with Crippen LogP contribution in [0.25, 0.3) is 0 Å². The summed E-state index contributed by atoms with van der Waals surface area (Å²) in [5, 5.41) is 2.87. The molecule has 1 N–H and O–H groups in total. The summed E-state index contributed by atoms with van der Waals surface area (Å²) in [4.78, 5) is 0. The third-order valence-corrected chi connectivity index (χ3v) is 3.49. The third kappa shape index (κ3) is 2.22.